The fraction of sp³-hybridized carbons (Fsp3) is 0.957. The number of esters is 4. The topological polar surface area (TPSA) is 237 Å². The minimum absolute atomic E-state index is 0.107. The highest BCUT2D eigenvalue weighted by atomic mass is 31.2. The molecule has 0 aliphatic rings. The van der Waals surface area contributed by atoms with Gasteiger partial charge in [0.05, 0.1) is 26.4 Å². The van der Waals surface area contributed by atoms with Gasteiger partial charge in [0.25, 0.3) is 0 Å². The second kappa shape index (κ2) is 83.1. The smallest absolute Gasteiger partial charge is 0.462 e. The third-order valence-corrected chi connectivity index (χ3v) is 24.0. The molecule has 0 radical (unpaired) electrons. The highest BCUT2D eigenvalue weighted by Crippen LogP contribution is 2.45. The van der Waals surface area contributed by atoms with Gasteiger partial charge in [-0.25, -0.2) is 9.13 Å². The number of carbonyl (C=O) groups excluding carboxylic acids is 4. The van der Waals surface area contributed by atoms with Crippen LogP contribution in [0.4, 0.5) is 0 Å². The Morgan fingerprint density at radius 1 is 0.261 bits per heavy atom. The second-order valence-electron chi connectivity index (χ2n) is 33.8. The van der Waals surface area contributed by atoms with Crippen molar-refractivity contribution >= 4 is 39.5 Å². The van der Waals surface area contributed by atoms with E-state index in [1.807, 2.05) is 0 Å². The quantitative estimate of drug-likeness (QED) is 0.0222. The maximum atomic E-state index is 13.2. The molecule has 0 spiro atoms. The van der Waals surface area contributed by atoms with Crippen molar-refractivity contribution in [1.82, 2.24) is 0 Å². The molecule has 111 heavy (non-hydrogen) atoms. The van der Waals surface area contributed by atoms with Crippen LogP contribution in [-0.4, -0.2) is 96.7 Å². The van der Waals surface area contributed by atoms with Crippen LogP contribution in [-0.2, 0) is 65.4 Å². The highest BCUT2D eigenvalue weighted by Gasteiger charge is 2.31. The van der Waals surface area contributed by atoms with E-state index >= 15 is 0 Å². The Hall–Kier alpha value is -1.94. The van der Waals surface area contributed by atoms with E-state index in [1.54, 1.807) is 0 Å². The zero-order valence-electron chi connectivity index (χ0n) is 73.3. The number of carbonyl (C=O) groups is 4. The van der Waals surface area contributed by atoms with Crippen LogP contribution >= 0.6 is 15.6 Å². The molecule has 0 aliphatic carbocycles. The lowest BCUT2D eigenvalue weighted by Crippen LogP contribution is -2.30. The van der Waals surface area contributed by atoms with Crippen molar-refractivity contribution < 1.29 is 80.2 Å². The lowest BCUT2D eigenvalue weighted by Gasteiger charge is -2.21. The van der Waals surface area contributed by atoms with Crippen LogP contribution < -0.4 is 0 Å². The molecule has 0 aromatic carbocycles. The molecule has 3 N–H and O–H groups in total. The lowest BCUT2D eigenvalue weighted by molar-refractivity contribution is -0.161. The van der Waals surface area contributed by atoms with Crippen LogP contribution in [0.25, 0.3) is 0 Å². The van der Waals surface area contributed by atoms with Gasteiger partial charge in [0, 0.05) is 25.7 Å². The lowest BCUT2D eigenvalue weighted by atomic mass is 10.00. The minimum Gasteiger partial charge on any atom is -0.462 e. The van der Waals surface area contributed by atoms with E-state index in [9.17, 15) is 43.2 Å². The molecule has 0 bridgehead atoms. The maximum Gasteiger partial charge on any atom is 0.472 e. The summed E-state index contributed by atoms with van der Waals surface area (Å²) in [6, 6.07) is 0. The van der Waals surface area contributed by atoms with Crippen molar-refractivity contribution in [3.8, 4) is 0 Å². The fourth-order valence-electron chi connectivity index (χ4n) is 14.4. The van der Waals surface area contributed by atoms with Gasteiger partial charge in [-0.05, 0) is 37.5 Å². The van der Waals surface area contributed by atoms with Gasteiger partial charge in [-0.15, -0.1) is 0 Å². The summed E-state index contributed by atoms with van der Waals surface area (Å²) in [5.74, 6) is -0.558. The molecule has 0 amide bonds. The van der Waals surface area contributed by atoms with Crippen LogP contribution in [0.3, 0.4) is 0 Å². The molecule has 0 heterocycles. The van der Waals surface area contributed by atoms with Gasteiger partial charge >= 0.3 is 39.5 Å². The average molecular weight is 1620 g/mol. The molecule has 17 nitrogen and oxygen atoms in total. The molecule has 0 aromatic heterocycles. The van der Waals surface area contributed by atoms with Gasteiger partial charge in [0.15, 0.2) is 12.2 Å². The Balaban J connectivity index is 5.21. The molecule has 0 aromatic rings. The molecule has 660 valence electrons. The zero-order valence-corrected chi connectivity index (χ0v) is 75.1. The number of ether oxygens (including phenoxy) is 4. The number of unbranched alkanes of at least 4 members (excludes halogenated alkanes) is 60. The average Bonchev–Trinajstić information content (AvgIpc) is 0.910. The van der Waals surface area contributed by atoms with E-state index in [-0.39, 0.29) is 25.7 Å². The van der Waals surface area contributed by atoms with E-state index < -0.39 is 97.5 Å². The van der Waals surface area contributed by atoms with Crippen LogP contribution in [0, 0.1) is 11.8 Å². The summed E-state index contributed by atoms with van der Waals surface area (Å²) >= 11 is 0. The first-order valence-electron chi connectivity index (χ1n) is 47.5. The third kappa shape index (κ3) is 84.3. The minimum atomic E-state index is -4.97. The molecule has 6 atom stereocenters. The molecule has 3 unspecified atom stereocenters. The SMILES string of the molecule is CCCCCCCCCCCCCCCCCCCCCCCCC(=O)O[C@H](COC(=O)CCCCCCCCCCCCCCCCCCCCCC)COP(=O)(O)OC[C@@H](O)COP(=O)(O)OC[C@@H](COC(=O)CCCCCCCCC(C)CC)OC(=O)CCCCCCCCCCCCCCCCCCC(C)C. The van der Waals surface area contributed by atoms with E-state index in [0.29, 0.717) is 25.7 Å². The number of hydrogen-bond donors (Lipinski definition) is 3. The largest absolute Gasteiger partial charge is 0.472 e. The first-order valence-corrected chi connectivity index (χ1v) is 50.5. The highest BCUT2D eigenvalue weighted by molar-refractivity contribution is 7.47. The molecule has 0 aliphatic heterocycles. The number of rotatable bonds is 91. The first kappa shape index (κ1) is 109. The normalized spacial score (nSPS) is 14.0. The maximum absolute atomic E-state index is 13.2. The zero-order chi connectivity index (χ0) is 81.3. The Kier molecular flexibility index (Phi) is 81.7. The molecule has 0 saturated carbocycles. The molecule has 0 rings (SSSR count). The Morgan fingerprint density at radius 2 is 0.459 bits per heavy atom. The summed E-state index contributed by atoms with van der Waals surface area (Å²) in [5, 5.41) is 10.7. The van der Waals surface area contributed by atoms with Gasteiger partial charge < -0.3 is 33.8 Å². The predicted molar refractivity (Wildman–Crippen MR) is 460 cm³/mol. The summed E-state index contributed by atoms with van der Waals surface area (Å²) < 4.78 is 69.1. The van der Waals surface area contributed by atoms with Crippen molar-refractivity contribution in [3.63, 3.8) is 0 Å². The van der Waals surface area contributed by atoms with Crippen LogP contribution in [0.5, 0.6) is 0 Å². The summed E-state index contributed by atoms with van der Waals surface area (Å²) in [6.45, 7) is 9.69. The van der Waals surface area contributed by atoms with E-state index in [0.717, 1.165) is 108 Å². The van der Waals surface area contributed by atoms with Crippen LogP contribution in [0.1, 0.15) is 497 Å². The van der Waals surface area contributed by atoms with Gasteiger partial charge in [-0.3, -0.25) is 37.3 Å². The third-order valence-electron chi connectivity index (χ3n) is 22.1. The number of phosphoric acid groups is 2. The number of hydrogen-bond acceptors (Lipinski definition) is 15. The van der Waals surface area contributed by atoms with Gasteiger partial charge in [0.1, 0.15) is 19.3 Å². The molecular weight excluding hydrogens is 1440 g/mol. The molecule has 0 saturated heterocycles. The summed E-state index contributed by atoms with van der Waals surface area (Å²) in [5.41, 5.74) is 0. The van der Waals surface area contributed by atoms with Crippen LogP contribution in [0.2, 0.25) is 0 Å². The number of phosphoric ester groups is 2. The van der Waals surface area contributed by atoms with Gasteiger partial charge in [0.2, 0.25) is 0 Å². The van der Waals surface area contributed by atoms with Crippen LogP contribution in [0.15, 0.2) is 0 Å². The fourth-order valence-corrected chi connectivity index (χ4v) is 16.0. The van der Waals surface area contributed by atoms with Crippen molar-refractivity contribution in [2.75, 3.05) is 39.6 Å². The second-order valence-corrected chi connectivity index (χ2v) is 36.7. The monoisotopic (exact) mass is 1620 g/mol. The van der Waals surface area contributed by atoms with Crippen molar-refractivity contribution in [2.24, 2.45) is 11.8 Å². The van der Waals surface area contributed by atoms with Crippen molar-refractivity contribution in [3.05, 3.63) is 0 Å². The molecular formula is C92H180O17P2. The summed E-state index contributed by atoms with van der Waals surface area (Å²) in [6.07, 6.45) is 78.1. The van der Waals surface area contributed by atoms with E-state index in [2.05, 4.69) is 41.5 Å². The Morgan fingerprint density at radius 3 is 0.685 bits per heavy atom. The molecule has 19 heteroatoms. The predicted octanol–water partition coefficient (Wildman–Crippen LogP) is 28.6. The summed E-state index contributed by atoms with van der Waals surface area (Å²) in [7, 11) is -9.94. The van der Waals surface area contributed by atoms with E-state index in [1.165, 1.54) is 308 Å². The van der Waals surface area contributed by atoms with Crippen molar-refractivity contribution in [1.29, 1.82) is 0 Å². The Bertz CT molecular complexity index is 2120. The standard InChI is InChI=1S/C92H180O17P2/c1-7-10-12-14-16-18-20-22-24-26-28-30-31-33-35-40-44-48-52-56-64-70-76-91(96)108-87(80-102-89(94)74-68-62-55-51-47-43-39-34-32-29-27-25-23-21-19-17-15-13-11-8-2)82-106-110(98,99)104-78-86(93)79-105-111(100,101)107-83-88(81-103-90(95)75-69-63-59-58-61-67-73-85(6)9-3)109-92(97)77-71-65-57-53-49-45-41-37-36-38-42-46-50-54-60-66-72-84(4)5/h84-88,93H,7-83H2,1-6H3,(H,98,99)(H,100,101)/t85?,86-,87-,88-/m1/s1. The Labute approximate surface area is 683 Å². The van der Waals surface area contributed by atoms with Crippen molar-refractivity contribution in [2.45, 2.75) is 516 Å². The van der Waals surface area contributed by atoms with E-state index in [4.69, 9.17) is 37.0 Å². The number of aliphatic hydroxyl groups is 1. The van der Waals surface area contributed by atoms with Gasteiger partial charge in [-0.1, -0.05) is 446 Å². The van der Waals surface area contributed by atoms with Gasteiger partial charge in [-0.2, -0.15) is 0 Å². The number of aliphatic hydroxyl groups excluding tert-OH is 1. The molecule has 0 fully saturated rings. The first-order chi connectivity index (χ1) is 53.9. The summed E-state index contributed by atoms with van der Waals surface area (Å²) in [4.78, 5) is 73.4.